The Labute approximate surface area is 131 Å². The van der Waals surface area contributed by atoms with Gasteiger partial charge in [0.1, 0.15) is 5.84 Å². The number of amidine groups is 1. The molecule has 3 nitrogen and oxygen atoms in total. The third-order valence-electron chi connectivity index (χ3n) is 5.18. The average Bonchev–Trinajstić information content (AvgIpc) is 3.07. The van der Waals surface area contributed by atoms with E-state index in [0.717, 1.165) is 13.0 Å². The number of hydrogen-bond acceptors (Lipinski definition) is 1. The molecular formula is C19H23N3. The molecular weight excluding hydrogens is 270 g/mol. The Hall–Kier alpha value is -2.03. The van der Waals surface area contributed by atoms with E-state index in [4.69, 9.17) is 4.99 Å². The van der Waals surface area contributed by atoms with Crippen molar-refractivity contribution in [1.82, 2.24) is 4.98 Å². The summed E-state index contributed by atoms with van der Waals surface area (Å²) in [4.78, 5) is 8.23. The number of fused-ring (bicyclic) bond motifs is 1. The summed E-state index contributed by atoms with van der Waals surface area (Å²) in [6.45, 7) is 0.735. The topological polar surface area (TPSA) is 40.2 Å². The zero-order valence-electron chi connectivity index (χ0n) is 12.9. The summed E-state index contributed by atoms with van der Waals surface area (Å²) in [6, 6.07) is 12.8. The first-order chi connectivity index (χ1) is 10.9. The van der Waals surface area contributed by atoms with Crippen molar-refractivity contribution < 1.29 is 0 Å². The minimum Gasteiger partial charge on any atom is -0.363 e. The lowest BCUT2D eigenvalue weighted by Crippen LogP contribution is -2.43. The molecule has 1 aromatic heterocycles. The normalized spacial score (nSPS) is 21.5. The zero-order valence-corrected chi connectivity index (χ0v) is 12.9. The second-order valence-corrected chi connectivity index (χ2v) is 6.66. The van der Waals surface area contributed by atoms with Crippen LogP contribution in [-0.2, 0) is 13.0 Å². The van der Waals surface area contributed by atoms with E-state index in [0.29, 0.717) is 0 Å². The molecule has 2 aromatic rings. The van der Waals surface area contributed by atoms with Crippen LogP contribution in [-0.4, -0.2) is 10.8 Å². The standard InChI is InChI=1S/C19H23N3/c1-4-10-19(11-5-1)13-15-7-2-3-9-17(15)22-18(19)21-14-16-8-6-12-20-16/h2-3,6-9,12,20H,1,4-5,10-11,13-14H2,(H,21,22). The molecule has 114 valence electrons. The predicted octanol–water partition coefficient (Wildman–Crippen LogP) is 4.53. The van der Waals surface area contributed by atoms with Crippen LogP contribution in [0.1, 0.15) is 43.4 Å². The van der Waals surface area contributed by atoms with E-state index in [-0.39, 0.29) is 5.41 Å². The Morgan fingerprint density at radius 2 is 1.86 bits per heavy atom. The van der Waals surface area contributed by atoms with Gasteiger partial charge in [0.25, 0.3) is 0 Å². The molecule has 2 heterocycles. The maximum absolute atomic E-state index is 4.98. The summed E-state index contributed by atoms with van der Waals surface area (Å²) in [7, 11) is 0. The molecule has 22 heavy (non-hydrogen) atoms. The molecule has 1 saturated carbocycles. The fourth-order valence-electron chi connectivity index (χ4n) is 3.98. The van der Waals surface area contributed by atoms with E-state index in [1.165, 1.54) is 54.9 Å². The number of aromatic nitrogens is 1. The van der Waals surface area contributed by atoms with E-state index in [9.17, 15) is 0 Å². The van der Waals surface area contributed by atoms with Crippen molar-refractivity contribution >= 4 is 11.5 Å². The minimum atomic E-state index is 0.235. The lowest BCUT2D eigenvalue weighted by atomic mass is 9.67. The Balaban J connectivity index is 1.68. The van der Waals surface area contributed by atoms with Gasteiger partial charge in [-0.25, -0.2) is 0 Å². The SMILES string of the molecule is c1c[nH]c(CN=C2Nc3ccccc3CC23CCCCC3)c1. The minimum absolute atomic E-state index is 0.235. The summed E-state index contributed by atoms with van der Waals surface area (Å²) in [5.74, 6) is 1.21. The number of rotatable bonds is 2. The van der Waals surface area contributed by atoms with Crippen LogP contribution in [0.15, 0.2) is 47.6 Å². The predicted molar refractivity (Wildman–Crippen MR) is 91.2 cm³/mol. The van der Waals surface area contributed by atoms with E-state index < -0.39 is 0 Å². The third kappa shape index (κ3) is 2.45. The molecule has 2 N–H and O–H groups in total. The second kappa shape index (κ2) is 5.64. The van der Waals surface area contributed by atoms with Gasteiger partial charge in [-0.2, -0.15) is 0 Å². The van der Waals surface area contributed by atoms with Crippen LogP contribution in [0.5, 0.6) is 0 Å². The molecule has 3 heteroatoms. The molecule has 0 radical (unpaired) electrons. The molecule has 0 saturated heterocycles. The summed E-state index contributed by atoms with van der Waals surface area (Å²) in [5, 5.41) is 3.66. The molecule has 2 aliphatic rings. The van der Waals surface area contributed by atoms with Crippen LogP contribution >= 0.6 is 0 Å². The first kappa shape index (κ1) is 13.6. The van der Waals surface area contributed by atoms with Crippen LogP contribution < -0.4 is 5.32 Å². The highest BCUT2D eigenvalue weighted by molar-refractivity contribution is 6.02. The van der Waals surface area contributed by atoms with Gasteiger partial charge >= 0.3 is 0 Å². The van der Waals surface area contributed by atoms with Crippen LogP contribution in [0.3, 0.4) is 0 Å². The largest absolute Gasteiger partial charge is 0.363 e. The Bertz CT molecular complexity index is 664. The average molecular weight is 293 g/mol. The molecule has 1 fully saturated rings. The van der Waals surface area contributed by atoms with Gasteiger partial charge in [-0.15, -0.1) is 0 Å². The molecule has 1 aliphatic heterocycles. The first-order valence-electron chi connectivity index (χ1n) is 8.38. The second-order valence-electron chi connectivity index (χ2n) is 6.66. The van der Waals surface area contributed by atoms with Crippen molar-refractivity contribution in [3.05, 3.63) is 53.9 Å². The molecule has 1 aromatic carbocycles. The molecule has 1 spiro atoms. The van der Waals surface area contributed by atoms with Crippen molar-refractivity contribution in [1.29, 1.82) is 0 Å². The quantitative estimate of drug-likeness (QED) is 0.839. The highest BCUT2D eigenvalue weighted by Crippen LogP contribution is 2.44. The lowest BCUT2D eigenvalue weighted by molar-refractivity contribution is 0.278. The van der Waals surface area contributed by atoms with E-state index in [1.54, 1.807) is 0 Å². The molecule has 0 unspecified atom stereocenters. The van der Waals surface area contributed by atoms with Gasteiger partial charge in [0.15, 0.2) is 0 Å². The van der Waals surface area contributed by atoms with Crippen LogP contribution in [0.25, 0.3) is 0 Å². The van der Waals surface area contributed by atoms with Gasteiger partial charge in [0, 0.05) is 23.0 Å². The number of anilines is 1. The van der Waals surface area contributed by atoms with Gasteiger partial charge < -0.3 is 10.3 Å². The summed E-state index contributed by atoms with van der Waals surface area (Å²) >= 11 is 0. The fourth-order valence-corrected chi connectivity index (χ4v) is 3.98. The summed E-state index contributed by atoms with van der Waals surface area (Å²) < 4.78 is 0. The lowest BCUT2D eigenvalue weighted by Gasteiger charge is -2.42. The van der Waals surface area contributed by atoms with Crippen LogP contribution in [0.2, 0.25) is 0 Å². The molecule has 0 amide bonds. The Morgan fingerprint density at radius 1 is 1.00 bits per heavy atom. The van der Waals surface area contributed by atoms with Crippen LogP contribution in [0.4, 0.5) is 5.69 Å². The number of para-hydroxylation sites is 1. The monoisotopic (exact) mass is 293 g/mol. The fraction of sp³-hybridized carbons (Fsp3) is 0.421. The van der Waals surface area contributed by atoms with Crippen molar-refractivity contribution in [2.75, 3.05) is 5.32 Å². The number of nitrogens with one attached hydrogen (secondary N) is 2. The number of aliphatic imine (C=N–C) groups is 1. The molecule has 0 bridgehead atoms. The third-order valence-corrected chi connectivity index (χ3v) is 5.18. The number of benzene rings is 1. The van der Waals surface area contributed by atoms with Gasteiger partial charge in [-0.1, -0.05) is 37.5 Å². The Morgan fingerprint density at radius 3 is 2.68 bits per heavy atom. The van der Waals surface area contributed by atoms with Gasteiger partial charge in [0.05, 0.1) is 6.54 Å². The number of nitrogens with zero attached hydrogens (tertiary/aromatic N) is 1. The maximum atomic E-state index is 4.98. The van der Waals surface area contributed by atoms with Gasteiger partial charge in [-0.05, 0) is 43.0 Å². The molecule has 0 atom stereocenters. The zero-order chi connectivity index (χ0) is 14.8. The van der Waals surface area contributed by atoms with Crippen molar-refractivity contribution in [3.8, 4) is 0 Å². The van der Waals surface area contributed by atoms with E-state index >= 15 is 0 Å². The van der Waals surface area contributed by atoms with E-state index in [2.05, 4.69) is 40.6 Å². The van der Waals surface area contributed by atoms with Crippen molar-refractivity contribution in [2.45, 2.75) is 45.1 Å². The number of aromatic amines is 1. The van der Waals surface area contributed by atoms with Crippen molar-refractivity contribution in [3.63, 3.8) is 0 Å². The first-order valence-corrected chi connectivity index (χ1v) is 8.38. The highest BCUT2D eigenvalue weighted by atomic mass is 15.0. The Kier molecular flexibility index (Phi) is 3.49. The van der Waals surface area contributed by atoms with Gasteiger partial charge in [-0.3, -0.25) is 4.99 Å². The highest BCUT2D eigenvalue weighted by Gasteiger charge is 2.40. The van der Waals surface area contributed by atoms with Crippen molar-refractivity contribution in [2.24, 2.45) is 10.4 Å². The van der Waals surface area contributed by atoms with Crippen LogP contribution in [0, 0.1) is 5.41 Å². The smallest absolute Gasteiger partial charge is 0.108 e. The summed E-state index contributed by atoms with van der Waals surface area (Å²) in [6.07, 6.45) is 9.65. The molecule has 1 aliphatic carbocycles. The number of hydrogen-bond donors (Lipinski definition) is 2. The maximum Gasteiger partial charge on any atom is 0.108 e. The van der Waals surface area contributed by atoms with Gasteiger partial charge in [0.2, 0.25) is 0 Å². The number of H-pyrrole nitrogens is 1. The summed E-state index contributed by atoms with van der Waals surface area (Å²) in [5.41, 5.74) is 4.10. The molecule has 4 rings (SSSR count). The van der Waals surface area contributed by atoms with E-state index in [1.807, 2.05) is 12.3 Å².